The maximum Gasteiger partial charge on any atom is 0.221 e. The smallest absolute Gasteiger partial charge is 0.221 e. The minimum absolute atomic E-state index is 0.231. The van der Waals surface area contributed by atoms with Gasteiger partial charge in [0.25, 0.3) is 0 Å². The Morgan fingerprint density at radius 1 is 1.47 bits per heavy atom. The summed E-state index contributed by atoms with van der Waals surface area (Å²) in [5.74, 6) is -0.354. The third-order valence-corrected chi connectivity index (χ3v) is 2.05. The molecule has 0 aromatic heterocycles. The minimum atomic E-state index is -0.354. The van der Waals surface area contributed by atoms with Gasteiger partial charge >= 0.3 is 0 Å². The highest BCUT2D eigenvalue weighted by molar-refractivity contribution is 5.78. The zero-order valence-corrected chi connectivity index (χ0v) is 8.57. The molecule has 0 atom stereocenters. The number of rotatable bonds is 4. The van der Waals surface area contributed by atoms with Crippen molar-refractivity contribution in [1.82, 2.24) is 0 Å². The van der Waals surface area contributed by atoms with Crippen LogP contribution in [0.2, 0.25) is 0 Å². The molecule has 0 unspecified atom stereocenters. The molecule has 0 spiro atoms. The van der Waals surface area contributed by atoms with Gasteiger partial charge in [0, 0.05) is 12.0 Å². The fraction of sp³-hybridized carbons (Fsp3) is 0.167. The lowest BCUT2D eigenvalue weighted by molar-refractivity contribution is -0.117. The number of carbonyl (C=O) groups is 2. The molecule has 1 amide bonds. The Morgan fingerprint density at radius 3 is 2.73 bits per heavy atom. The Balaban J connectivity index is 2.79. The van der Waals surface area contributed by atoms with E-state index in [9.17, 15) is 9.59 Å². The van der Waals surface area contributed by atoms with Crippen LogP contribution >= 0.6 is 0 Å². The number of benzene rings is 1. The molecule has 1 aromatic rings. The summed E-state index contributed by atoms with van der Waals surface area (Å²) in [5.41, 5.74) is 7.56. The van der Waals surface area contributed by atoms with Gasteiger partial charge in [0.2, 0.25) is 5.91 Å². The van der Waals surface area contributed by atoms with Crippen LogP contribution in [0.25, 0.3) is 6.08 Å². The van der Waals surface area contributed by atoms with E-state index in [-0.39, 0.29) is 12.3 Å². The monoisotopic (exact) mass is 203 g/mol. The molecule has 0 radical (unpaired) electrons. The SMILES string of the molecule is Cc1cc(C=CCC(N)=O)ccc1C=O. The average molecular weight is 203 g/mol. The van der Waals surface area contributed by atoms with Gasteiger partial charge < -0.3 is 5.73 Å². The van der Waals surface area contributed by atoms with Crippen LogP contribution in [0.1, 0.15) is 27.9 Å². The van der Waals surface area contributed by atoms with Crippen LogP contribution in [-0.2, 0) is 4.79 Å². The number of aldehydes is 1. The molecule has 0 fully saturated rings. The maximum atomic E-state index is 10.6. The molecule has 0 saturated heterocycles. The van der Waals surface area contributed by atoms with E-state index in [4.69, 9.17) is 5.73 Å². The van der Waals surface area contributed by atoms with E-state index in [1.807, 2.05) is 25.1 Å². The fourth-order valence-corrected chi connectivity index (χ4v) is 1.25. The van der Waals surface area contributed by atoms with Crippen LogP contribution in [0.5, 0.6) is 0 Å². The van der Waals surface area contributed by atoms with E-state index in [0.717, 1.165) is 17.4 Å². The molecule has 0 bridgehead atoms. The van der Waals surface area contributed by atoms with E-state index in [1.54, 1.807) is 12.1 Å². The second-order valence-corrected chi connectivity index (χ2v) is 3.31. The Hall–Kier alpha value is -1.90. The first-order valence-corrected chi connectivity index (χ1v) is 4.64. The highest BCUT2D eigenvalue weighted by Crippen LogP contribution is 2.10. The van der Waals surface area contributed by atoms with Gasteiger partial charge in [-0.1, -0.05) is 30.4 Å². The molecule has 1 aromatic carbocycles. The summed E-state index contributed by atoms with van der Waals surface area (Å²) in [5, 5.41) is 0. The maximum absolute atomic E-state index is 10.6. The molecule has 15 heavy (non-hydrogen) atoms. The number of carbonyl (C=O) groups excluding carboxylic acids is 2. The second-order valence-electron chi connectivity index (χ2n) is 3.31. The normalized spacial score (nSPS) is 10.5. The summed E-state index contributed by atoms with van der Waals surface area (Å²) in [6, 6.07) is 5.47. The number of primary amides is 1. The first-order valence-electron chi connectivity index (χ1n) is 4.64. The third kappa shape index (κ3) is 3.38. The van der Waals surface area contributed by atoms with Crippen molar-refractivity contribution in [2.75, 3.05) is 0 Å². The van der Waals surface area contributed by atoms with E-state index < -0.39 is 0 Å². The molecule has 0 heterocycles. The lowest BCUT2D eigenvalue weighted by Gasteiger charge is -1.99. The van der Waals surface area contributed by atoms with Crippen LogP contribution in [-0.4, -0.2) is 12.2 Å². The van der Waals surface area contributed by atoms with Crippen molar-refractivity contribution in [3.05, 3.63) is 41.0 Å². The van der Waals surface area contributed by atoms with E-state index in [2.05, 4.69) is 0 Å². The predicted molar refractivity (Wildman–Crippen MR) is 59.4 cm³/mol. The van der Waals surface area contributed by atoms with Gasteiger partial charge in [-0.05, 0) is 18.1 Å². The molecule has 0 aliphatic heterocycles. The van der Waals surface area contributed by atoms with Crippen molar-refractivity contribution < 1.29 is 9.59 Å². The van der Waals surface area contributed by atoms with Gasteiger partial charge in [0.05, 0.1) is 0 Å². The van der Waals surface area contributed by atoms with Crippen molar-refractivity contribution in [1.29, 1.82) is 0 Å². The molecule has 1 rings (SSSR count). The number of aryl methyl sites for hydroxylation is 1. The zero-order valence-electron chi connectivity index (χ0n) is 8.57. The summed E-state index contributed by atoms with van der Waals surface area (Å²) in [6.45, 7) is 1.87. The fourth-order valence-electron chi connectivity index (χ4n) is 1.25. The van der Waals surface area contributed by atoms with Gasteiger partial charge in [-0.25, -0.2) is 0 Å². The van der Waals surface area contributed by atoms with Gasteiger partial charge in [0.15, 0.2) is 0 Å². The topological polar surface area (TPSA) is 60.2 Å². The van der Waals surface area contributed by atoms with Gasteiger partial charge in [-0.3, -0.25) is 9.59 Å². The molecule has 3 nitrogen and oxygen atoms in total. The van der Waals surface area contributed by atoms with Crippen molar-refractivity contribution in [3.63, 3.8) is 0 Å². The second kappa shape index (κ2) is 5.10. The lowest BCUT2D eigenvalue weighted by Crippen LogP contribution is -2.07. The Morgan fingerprint density at radius 2 is 2.20 bits per heavy atom. The molecular formula is C12H13NO2. The van der Waals surface area contributed by atoms with Crippen LogP contribution < -0.4 is 5.73 Å². The Bertz CT molecular complexity index is 408. The standard InChI is InChI=1S/C12H13NO2/c1-9-7-10(3-2-4-12(13)15)5-6-11(9)8-14/h2-3,5-8H,4H2,1H3,(H2,13,15). The van der Waals surface area contributed by atoms with Crippen LogP contribution in [0.15, 0.2) is 24.3 Å². The van der Waals surface area contributed by atoms with E-state index in [1.165, 1.54) is 0 Å². The molecule has 0 aliphatic carbocycles. The minimum Gasteiger partial charge on any atom is -0.369 e. The van der Waals surface area contributed by atoms with Gasteiger partial charge in [-0.2, -0.15) is 0 Å². The van der Waals surface area contributed by atoms with Crippen LogP contribution in [0.4, 0.5) is 0 Å². The number of amides is 1. The molecule has 3 heteroatoms. The van der Waals surface area contributed by atoms with Gasteiger partial charge in [-0.15, -0.1) is 0 Å². The number of hydrogen-bond acceptors (Lipinski definition) is 2. The van der Waals surface area contributed by atoms with Crippen molar-refractivity contribution in [2.24, 2.45) is 5.73 Å². The van der Waals surface area contributed by atoms with Crippen LogP contribution in [0.3, 0.4) is 0 Å². The largest absolute Gasteiger partial charge is 0.369 e. The molecule has 2 N–H and O–H groups in total. The molecular weight excluding hydrogens is 190 g/mol. The average Bonchev–Trinajstić information content (AvgIpc) is 2.17. The molecule has 0 aliphatic rings. The Kier molecular flexibility index (Phi) is 3.80. The Labute approximate surface area is 88.6 Å². The number of hydrogen-bond donors (Lipinski definition) is 1. The summed E-state index contributed by atoms with van der Waals surface area (Å²) in [6.07, 6.45) is 4.57. The highest BCUT2D eigenvalue weighted by Gasteiger charge is 1.96. The predicted octanol–water partition coefficient (Wildman–Crippen LogP) is 1.70. The lowest BCUT2D eigenvalue weighted by atomic mass is 10.1. The van der Waals surface area contributed by atoms with Crippen molar-refractivity contribution in [2.45, 2.75) is 13.3 Å². The van der Waals surface area contributed by atoms with E-state index in [0.29, 0.717) is 5.56 Å². The van der Waals surface area contributed by atoms with Crippen LogP contribution in [0, 0.1) is 6.92 Å². The summed E-state index contributed by atoms with van der Waals surface area (Å²) in [4.78, 5) is 21.0. The zero-order chi connectivity index (χ0) is 11.3. The summed E-state index contributed by atoms with van der Waals surface area (Å²) in [7, 11) is 0. The molecule has 78 valence electrons. The summed E-state index contributed by atoms with van der Waals surface area (Å²) >= 11 is 0. The van der Waals surface area contributed by atoms with Gasteiger partial charge in [0.1, 0.15) is 6.29 Å². The summed E-state index contributed by atoms with van der Waals surface area (Å²) < 4.78 is 0. The highest BCUT2D eigenvalue weighted by atomic mass is 16.1. The molecule has 0 saturated carbocycles. The first kappa shape index (κ1) is 11.2. The quantitative estimate of drug-likeness (QED) is 0.757. The third-order valence-electron chi connectivity index (χ3n) is 2.05. The number of nitrogens with two attached hydrogens (primary N) is 1. The first-order chi connectivity index (χ1) is 7.13. The van der Waals surface area contributed by atoms with Crippen molar-refractivity contribution >= 4 is 18.3 Å². The van der Waals surface area contributed by atoms with Crippen molar-refractivity contribution in [3.8, 4) is 0 Å². The van der Waals surface area contributed by atoms with E-state index >= 15 is 0 Å².